The molecule has 1 aliphatic rings. The molecule has 1 aromatic heterocycles. The predicted octanol–water partition coefficient (Wildman–Crippen LogP) is 2.52. The van der Waals surface area contributed by atoms with Gasteiger partial charge in [-0.15, -0.1) is 11.3 Å². The molecule has 0 spiro atoms. The van der Waals surface area contributed by atoms with E-state index in [0.29, 0.717) is 36.7 Å². The summed E-state index contributed by atoms with van der Waals surface area (Å²) in [6.07, 6.45) is 2.73. The minimum atomic E-state index is -3.46. The number of methoxy groups -OCH3 is 1. The highest BCUT2D eigenvalue weighted by atomic mass is 32.2. The molecule has 0 saturated heterocycles. The van der Waals surface area contributed by atoms with Gasteiger partial charge in [0, 0.05) is 50.9 Å². The third kappa shape index (κ3) is 6.89. The Hall–Kier alpha value is -2.21. The molecule has 182 valence electrons. The topological polar surface area (TPSA) is 101 Å². The van der Waals surface area contributed by atoms with E-state index in [-0.39, 0.29) is 24.0 Å². The van der Waals surface area contributed by atoms with Crippen LogP contribution < -0.4 is 9.46 Å². The number of rotatable bonds is 5. The minimum absolute atomic E-state index is 0.0143. The highest BCUT2D eigenvalue weighted by Crippen LogP contribution is 2.27. The molecular formula is C22H32N4O5S2. The number of carbonyl (C=O) groups excluding carboxylic acids is 1. The number of thiazole rings is 1. The number of aromatic nitrogens is 1. The van der Waals surface area contributed by atoms with Gasteiger partial charge in [0.15, 0.2) is 0 Å². The summed E-state index contributed by atoms with van der Waals surface area (Å²) in [5.74, 6) is 0.287. The van der Waals surface area contributed by atoms with Crippen LogP contribution in [-0.2, 0) is 21.3 Å². The molecule has 0 fully saturated rings. The van der Waals surface area contributed by atoms with Crippen molar-refractivity contribution in [3.8, 4) is 5.75 Å². The van der Waals surface area contributed by atoms with Gasteiger partial charge in [-0.25, -0.2) is 13.4 Å². The Labute approximate surface area is 199 Å². The molecule has 33 heavy (non-hydrogen) atoms. The SMILES string of the molecule is CO[C@H]1CN(C)C(=O)c2ccc(NS(C)(=O)=O)cc2OC[C@H](C)N(Cc2nccs2)C[C@H]1C. The molecule has 1 amide bonds. The second kappa shape index (κ2) is 10.8. The standard InChI is InChI=1S/C22H32N4O5S2/c1-15-11-26(13-21-23-8-9-32-21)16(2)14-31-19-10-17(24-33(5,28)29)6-7-18(19)22(27)25(3)12-20(15)30-4/h6-10,15-16,20,24H,11-14H2,1-5H3/t15-,16+,20+/m1/s1. The summed E-state index contributed by atoms with van der Waals surface area (Å²) in [5.41, 5.74) is 0.716. The maximum atomic E-state index is 13.2. The maximum Gasteiger partial charge on any atom is 0.257 e. The lowest BCUT2D eigenvalue weighted by Gasteiger charge is -2.35. The first-order chi connectivity index (χ1) is 15.6. The van der Waals surface area contributed by atoms with E-state index in [0.717, 1.165) is 17.8 Å². The van der Waals surface area contributed by atoms with Gasteiger partial charge in [0.05, 0.1) is 30.2 Å². The molecule has 0 bridgehead atoms. The van der Waals surface area contributed by atoms with Gasteiger partial charge in [-0.3, -0.25) is 14.4 Å². The van der Waals surface area contributed by atoms with Gasteiger partial charge in [-0.1, -0.05) is 6.92 Å². The smallest absolute Gasteiger partial charge is 0.257 e. The number of hydrogen-bond donors (Lipinski definition) is 1. The van der Waals surface area contributed by atoms with Crippen LogP contribution in [-0.4, -0.2) is 81.4 Å². The van der Waals surface area contributed by atoms with E-state index in [2.05, 4.69) is 28.5 Å². The first kappa shape index (κ1) is 25.4. The van der Waals surface area contributed by atoms with Crippen LogP contribution in [0.1, 0.15) is 29.2 Å². The van der Waals surface area contributed by atoms with Gasteiger partial charge < -0.3 is 14.4 Å². The lowest BCUT2D eigenvalue weighted by Crippen LogP contribution is -2.46. The van der Waals surface area contributed by atoms with Crippen LogP contribution >= 0.6 is 11.3 Å². The van der Waals surface area contributed by atoms with E-state index in [1.807, 2.05) is 5.38 Å². The van der Waals surface area contributed by atoms with Crippen LogP contribution in [0.3, 0.4) is 0 Å². The van der Waals surface area contributed by atoms with Crippen molar-refractivity contribution >= 4 is 33.0 Å². The molecule has 11 heteroatoms. The van der Waals surface area contributed by atoms with Gasteiger partial charge in [0.25, 0.3) is 5.91 Å². The van der Waals surface area contributed by atoms with Crippen molar-refractivity contribution in [2.24, 2.45) is 5.92 Å². The average Bonchev–Trinajstić information content (AvgIpc) is 3.26. The number of anilines is 1. The fourth-order valence-electron chi connectivity index (χ4n) is 3.85. The molecule has 9 nitrogen and oxygen atoms in total. The van der Waals surface area contributed by atoms with Crippen molar-refractivity contribution in [2.75, 3.05) is 44.8 Å². The Balaban J connectivity index is 1.96. The number of benzene rings is 1. The quantitative estimate of drug-likeness (QED) is 0.679. The maximum absolute atomic E-state index is 13.2. The Morgan fingerprint density at radius 3 is 2.70 bits per heavy atom. The van der Waals surface area contributed by atoms with E-state index >= 15 is 0 Å². The van der Waals surface area contributed by atoms with Crippen LogP contribution in [0.15, 0.2) is 29.8 Å². The number of fused-ring (bicyclic) bond motifs is 1. The Bertz CT molecular complexity index is 1050. The molecule has 1 N–H and O–H groups in total. The first-order valence-corrected chi connectivity index (χ1v) is 13.5. The van der Waals surface area contributed by atoms with Gasteiger partial charge in [-0.05, 0) is 25.0 Å². The van der Waals surface area contributed by atoms with Crippen LogP contribution in [0.4, 0.5) is 5.69 Å². The Morgan fingerprint density at radius 2 is 2.06 bits per heavy atom. The molecule has 3 rings (SSSR count). The van der Waals surface area contributed by atoms with Crippen molar-refractivity contribution in [3.63, 3.8) is 0 Å². The monoisotopic (exact) mass is 496 g/mol. The van der Waals surface area contributed by atoms with E-state index in [4.69, 9.17) is 9.47 Å². The highest BCUT2D eigenvalue weighted by molar-refractivity contribution is 7.92. The lowest BCUT2D eigenvalue weighted by molar-refractivity contribution is 0.00921. The summed E-state index contributed by atoms with van der Waals surface area (Å²) in [6, 6.07) is 4.73. The van der Waals surface area contributed by atoms with Gasteiger partial charge in [0.2, 0.25) is 10.0 Å². The third-order valence-electron chi connectivity index (χ3n) is 5.70. The number of nitrogens with zero attached hydrogens (tertiary/aromatic N) is 3. The number of amides is 1. The molecule has 1 aromatic carbocycles. The third-order valence-corrected chi connectivity index (χ3v) is 7.07. The van der Waals surface area contributed by atoms with Crippen molar-refractivity contribution in [1.82, 2.24) is 14.8 Å². The number of sulfonamides is 1. The average molecular weight is 497 g/mol. The normalized spacial score (nSPS) is 23.2. The molecule has 0 saturated carbocycles. The van der Waals surface area contributed by atoms with Gasteiger partial charge >= 0.3 is 0 Å². The number of nitrogens with one attached hydrogen (secondary N) is 1. The summed E-state index contributed by atoms with van der Waals surface area (Å²) in [6.45, 7) is 6.35. The molecule has 2 aromatic rings. The molecule has 0 aliphatic carbocycles. The summed E-state index contributed by atoms with van der Waals surface area (Å²) < 4.78 is 37.7. The van der Waals surface area contributed by atoms with E-state index in [1.165, 1.54) is 0 Å². The van der Waals surface area contributed by atoms with Crippen LogP contribution in [0.2, 0.25) is 0 Å². The minimum Gasteiger partial charge on any atom is -0.491 e. The fraction of sp³-hybridized carbons (Fsp3) is 0.545. The van der Waals surface area contributed by atoms with E-state index in [9.17, 15) is 13.2 Å². The molecule has 0 unspecified atom stereocenters. The molecule has 0 radical (unpaired) electrons. The van der Waals surface area contributed by atoms with Crippen molar-refractivity contribution in [1.29, 1.82) is 0 Å². The second-order valence-corrected chi connectivity index (χ2v) is 11.3. The van der Waals surface area contributed by atoms with Crippen LogP contribution in [0.5, 0.6) is 5.75 Å². The molecule has 3 atom stereocenters. The number of carbonyl (C=O) groups is 1. The summed E-state index contributed by atoms with van der Waals surface area (Å²) in [4.78, 5) is 21.6. The van der Waals surface area contributed by atoms with E-state index in [1.54, 1.807) is 54.8 Å². The lowest BCUT2D eigenvalue weighted by atomic mass is 10.0. The highest BCUT2D eigenvalue weighted by Gasteiger charge is 2.28. The van der Waals surface area contributed by atoms with Crippen LogP contribution in [0, 0.1) is 5.92 Å². The second-order valence-electron chi connectivity index (χ2n) is 8.54. The zero-order chi connectivity index (χ0) is 24.2. The summed E-state index contributed by atoms with van der Waals surface area (Å²) in [7, 11) is -0.0667. The predicted molar refractivity (Wildman–Crippen MR) is 129 cm³/mol. The Morgan fingerprint density at radius 1 is 1.30 bits per heavy atom. The Kier molecular flexibility index (Phi) is 8.33. The first-order valence-electron chi connectivity index (χ1n) is 10.7. The van der Waals surface area contributed by atoms with Gasteiger partial charge in [0.1, 0.15) is 17.4 Å². The number of hydrogen-bond acceptors (Lipinski definition) is 8. The van der Waals surface area contributed by atoms with E-state index < -0.39 is 10.0 Å². The van der Waals surface area contributed by atoms with Gasteiger partial charge in [-0.2, -0.15) is 0 Å². The fourth-order valence-corrected chi connectivity index (χ4v) is 5.05. The zero-order valence-electron chi connectivity index (χ0n) is 19.6. The largest absolute Gasteiger partial charge is 0.491 e. The zero-order valence-corrected chi connectivity index (χ0v) is 21.3. The van der Waals surface area contributed by atoms with Crippen molar-refractivity contribution < 1.29 is 22.7 Å². The molecule has 2 heterocycles. The number of ether oxygens (including phenoxy) is 2. The molecular weight excluding hydrogens is 464 g/mol. The van der Waals surface area contributed by atoms with Crippen molar-refractivity contribution in [2.45, 2.75) is 32.5 Å². The summed E-state index contributed by atoms with van der Waals surface area (Å²) >= 11 is 1.61. The summed E-state index contributed by atoms with van der Waals surface area (Å²) in [5, 5.41) is 2.98. The van der Waals surface area contributed by atoms with Crippen molar-refractivity contribution in [3.05, 3.63) is 40.3 Å². The number of likely N-dealkylation sites (N-methyl/N-ethyl adjacent to an activating group) is 1. The van der Waals surface area contributed by atoms with Crippen LogP contribution in [0.25, 0.3) is 0 Å². The molecule has 1 aliphatic heterocycles.